The Balaban J connectivity index is 2.49. The lowest BCUT2D eigenvalue weighted by Gasteiger charge is -1.93. The van der Waals surface area contributed by atoms with Crippen LogP contribution in [-0.4, -0.2) is 16.8 Å². The van der Waals surface area contributed by atoms with E-state index in [9.17, 15) is 4.79 Å². The van der Waals surface area contributed by atoms with Crippen LogP contribution < -0.4 is 0 Å². The molecule has 0 fully saturated rings. The fraction of sp³-hybridized carbons (Fsp3) is 0.0909. The van der Waals surface area contributed by atoms with Gasteiger partial charge >= 0.3 is 5.97 Å². The Morgan fingerprint density at radius 1 is 1.36 bits per heavy atom. The number of hydrogen-bond acceptors (Lipinski definition) is 2. The van der Waals surface area contributed by atoms with E-state index in [1.165, 1.54) is 6.08 Å². The maximum absolute atomic E-state index is 10.3. The SMILES string of the molecule is N=C(/C=C/Cc1ccccc1)C(=O)O. The molecule has 0 aromatic heterocycles. The summed E-state index contributed by atoms with van der Waals surface area (Å²) < 4.78 is 0. The van der Waals surface area contributed by atoms with Crippen molar-refractivity contribution in [1.82, 2.24) is 0 Å². The molecule has 0 spiro atoms. The van der Waals surface area contributed by atoms with Crippen LogP contribution >= 0.6 is 0 Å². The van der Waals surface area contributed by atoms with Gasteiger partial charge in [0.2, 0.25) is 0 Å². The average molecular weight is 189 g/mol. The lowest BCUT2D eigenvalue weighted by Crippen LogP contribution is -2.07. The molecular formula is C11H11NO2. The molecule has 0 saturated heterocycles. The van der Waals surface area contributed by atoms with Gasteiger partial charge in [-0.05, 0) is 18.1 Å². The molecule has 0 saturated carbocycles. The van der Waals surface area contributed by atoms with Gasteiger partial charge in [0.05, 0.1) is 0 Å². The first-order chi connectivity index (χ1) is 6.70. The second-order valence-corrected chi connectivity index (χ2v) is 2.81. The molecule has 1 aromatic carbocycles. The fourth-order valence-corrected chi connectivity index (χ4v) is 0.998. The third kappa shape index (κ3) is 3.23. The average Bonchev–Trinajstić information content (AvgIpc) is 2.19. The Morgan fingerprint density at radius 3 is 2.57 bits per heavy atom. The van der Waals surface area contributed by atoms with E-state index in [1.807, 2.05) is 30.3 Å². The minimum atomic E-state index is -1.20. The number of allylic oxidation sites excluding steroid dienone is 1. The minimum absolute atomic E-state index is 0.388. The Labute approximate surface area is 82.2 Å². The zero-order valence-electron chi connectivity index (χ0n) is 7.60. The first-order valence-electron chi connectivity index (χ1n) is 4.22. The van der Waals surface area contributed by atoms with Crippen molar-refractivity contribution >= 4 is 11.7 Å². The molecule has 0 aliphatic heterocycles. The van der Waals surface area contributed by atoms with E-state index in [4.69, 9.17) is 10.5 Å². The first-order valence-corrected chi connectivity index (χ1v) is 4.22. The minimum Gasteiger partial charge on any atom is -0.477 e. The van der Waals surface area contributed by atoms with Gasteiger partial charge < -0.3 is 5.11 Å². The summed E-state index contributed by atoms with van der Waals surface area (Å²) in [5.74, 6) is -1.20. The highest BCUT2D eigenvalue weighted by atomic mass is 16.4. The van der Waals surface area contributed by atoms with Crippen molar-refractivity contribution in [2.45, 2.75) is 6.42 Å². The number of aliphatic carboxylic acids is 1. The molecule has 0 heterocycles. The summed E-state index contributed by atoms with van der Waals surface area (Å²) in [7, 11) is 0. The standard InChI is InChI=1S/C11H11NO2/c12-10(11(13)14)8-4-7-9-5-2-1-3-6-9/h1-6,8,12H,7H2,(H,13,14)/b8-4+,12-10?. The molecule has 0 amide bonds. The number of nitrogens with one attached hydrogen (secondary N) is 1. The molecular weight excluding hydrogens is 178 g/mol. The van der Waals surface area contributed by atoms with Crippen molar-refractivity contribution in [3.63, 3.8) is 0 Å². The van der Waals surface area contributed by atoms with E-state index >= 15 is 0 Å². The third-order valence-electron chi connectivity index (χ3n) is 1.71. The number of carbonyl (C=O) groups is 1. The Morgan fingerprint density at radius 2 is 2.00 bits per heavy atom. The van der Waals surface area contributed by atoms with Crippen molar-refractivity contribution in [2.75, 3.05) is 0 Å². The van der Waals surface area contributed by atoms with E-state index in [0.29, 0.717) is 6.42 Å². The highest BCUT2D eigenvalue weighted by Crippen LogP contribution is 1.99. The van der Waals surface area contributed by atoms with Gasteiger partial charge in [0.1, 0.15) is 5.71 Å². The van der Waals surface area contributed by atoms with Gasteiger partial charge in [-0.1, -0.05) is 36.4 Å². The number of rotatable bonds is 4. The summed E-state index contributed by atoms with van der Waals surface area (Å²) in [5, 5.41) is 15.4. The van der Waals surface area contributed by atoms with E-state index < -0.39 is 5.97 Å². The van der Waals surface area contributed by atoms with Crippen molar-refractivity contribution in [3.05, 3.63) is 48.0 Å². The second-order valence-electron chi connectivity index (χ2n) is 2.81. The largest absolute Gasteiger partial charge is 0.477 e. The molecule has 0 aliphatic carbocycles. The van der Waals surface area contributed by atoms with Crippen LogP contribution in [0.2, 0.25) is 0 Å². The van der Waals surface area contributed by atoms with Crippen molar-refractivity contribution in [2.24, 2.45) is 0 Å². The van der Waals surface area contributed by atoms with E-state index in [-0.39, 0.29) is 5.71 Å². The molecule has 72 valence electrons. The summed E-state index contributed by atoms with van der Waals surface area (Å²) in [6.45, 7) is 0. The quantitative estimate of drug-likeness (QED) is 0.710. The highest BCUT2D eigenvalue weighted by molar-refractivity contribution is 6.38. The van der Waals surface area contributed by atoms with Crippen LogP contribution in [0.1, 0.15) is 5.56 Å². The normalized spacial score (nSPS) is 10.3. The smallest absolute Gasteiger partial charge is 0.353 e. The molecule has 0 atom stereocenters. The molecule has 3 nitrogen and oxygen atoms in total. The van der Waals surface area contributed by atoms with Crippen LogP contribution in [0, 0.1) is 5.41 Å². The van der Waals surface area contributed by atoms with E-state index in [2.05, 4.69) is 0 Å². The van der Waals surface area contributed by atoms with Crippen molar-refractivity contribution in [3.8, 4) is 0 Å². The van der Waals surface area contributed by atoms with Gasteiger partial charge in [-0.2, -0.15) is 0 Å². The van der Waals surface area contributed by atoms with Gasteiger partial charge in [0.15, 0.2) is 0 Å². The summed E-state index contributed by atoms with van der Waals surface area (Å²) in [5.41, 5.74) is 0.711. The molecule has 0 radical (unpaired) electrons. The number of hydrogen-bond donors (Lipinski definition) is 2. The molecule has 0 unspecified atom stereocenters. The Kier molecular flexibility index (Phi) is 3.61. The lowest BCUT2D eigenvalue weighted by atomic mass is 10.1. The molecule has 3 heteroatoms. The van der Waals surface area contributed by atoms with Gasteiger partial charge in [-0.3, -0.25) is 5.41 Å². The van der Waals surface area contributed by atoms with E-state index in [1.54, 1.807) is 6.08 Å². The second kappa shape index (κ2) is 4.97. The predicted molar refractivity (Wildman–Crippen MR) is 54.6 cm³/mol. The first kappa shape index (κ1) is 10.2. The van der Waals surface area contributed by atoms with E-state index in [0.717, 1.165) is 5.56 Å². The lowest BCUT2D eigenvalue weighted by molar-refractivity contribution is -0.129. The Bertz CT molecular complexity index is 355. The van der Waals surface area contributed by atoms with Gasteiger partial charge in [0, 0.05) is 0 Å². The third-order valence-corrected chi connectivity index (χ3v) is 1.71. The van der Waals surface area contributed by atoms with Crippen LogP contribution in [0.4, 0.5) is 0 Å². The zero-order chi connectivity index (χ0) is 10.4. The van der Waals surface area contributed by atoms with Crippen LogP contribution in [-0.2, 0) is 11.2 Å². The van der Waals surface area contributed by atoms with Crippen LogP contribution in [0.15, 0.2) is 42.5 Å². The molecule has 14 heavy (non-hydrogen) atoms. The zero-order valence-corrected chi connectivity index (χ0v) is 7.60. The molecule has 0 bridgehead atoms. The maximum Gasteiger partial charge on any atom is 0.353 e. The van der Waals surface area contributed by atoms with Gasteiger partial charge in [-0.15, -0.1) is 0 Å². The Hall–Kier alpha value is -1.90. The number of benzene rings is 1. The van der Waals surface area contributed by atoms with Crippen LogP contribution in [0.3, 0.4) is 0 Å². The monoisotopic (exact) mass is 189 g/mol. The highest BCUT2D eigenvalue weighted by Gasteiger charge is 1.99. The number of carboxylic acids is 1. The topological polar surface area (TPSA) is 61.2 Å². The van der Waals surface area contributed by atoms with Crippen molar-refractivity contribution in [1.29, 1.82) is 5.41 Å². The maximum atomic E-state index is 10.3. The predicted octanol–water partition coefficient (Wildman–Crippen LogP) is 1.89. The molecule has 2 N–H and O–H groups in total. The molecule has 1 aromatic rings. The summed E-state index contributed by atoms with van der Waals surface area (Å²) in [6.07, 6.45) is 3.62. The molecule has 1 rings (SSSR count). The fourth-order valence-electron chi connectivity index (χ4n) is 0.998. The summed E-state index contributed by atoms with van der Waals surface area (Å²) in [4.78, 5) is 10.3. The number of carboxylic acid groups (broad SMARTS) is 1. The van der Waals surface area contributed by atoms with Crippen LogP contribution in [0.25, 0.3) is 0 Å². The van der Waals surface area contributed by atoms with Crippen molar-refractivity contribution < 1.29 is 9.90 Å². The van der Waals surface area contributed by atoms with Crippen LogP contribution in [0.5, 0.6) is 0 Å². The van der Waals surface area contributed by atoms with Gasteiger partial charge in [-0.25, -0.2) is 4.79 Å². The summed E-state index contributed by atoms with van der Waals surface area (Å²) in [6, 6.07) is 9.67. The summed E-state index contributed by atoms with van der Waals surface area (Å²) >= 11 is 0. The molecule has 0 aliphatic rings. The van der Waals surface area contributed by atoms with Gasteiger partial charge in [0.25, 0.3) is 0 Å².